The van der Waals surface area contributed by atoms with Gasteiger partial charge in [-0.2, -0.15) is 0 Å². The van der Waals surface area contributed by atoms with Crippen LogP contribution in [-0.2, 0) is 10.2 Å². The molecule has 0 radical (unpaired) electrons. The molecule has 2 aromatic rings. The summed E-state index contributed by atoms with van der Waals surface area (Å²) in [6, 6.07) is 11.8. The van der Waals surface area contributed by atoms with Crippen molar-refractivity contribution in [1.29, 1.82) is 0 Å². The summed E-state index contributed by atoms with van der Waals surface area (Å²) in [5.41, 5.74) is 0.630. The average molecular weight is 371 g/mol. The first-order valence-corrected chi connectivity index (χ1v) is 8.75. The Labute approximate surface area is 159 Å². The molecule has 6 heteroatoms. The summed E-state index contributed by atoms with van der Waals surface area (Å²) in [5, 5.41) is 12.1. The number of nitrogens with one attached hydrogen (secondary N) is 1. The normalized spacial score (nSPS) is 11.0. The van der Waals surface area contributed by atoms with E-state index in [1.54, 1.807) is 63.4 Å². The van der Waals surface area contributed by atoms with E-state index in [1.165, 1.54) is 0 Å². The molecule has 2 aromatic carbocycles. The number of carbonyl (C=O) groups excluding carboxylic acids is 1. The van der Waals surface area contributed by atoms with Gasteiger partial charge >= 0.3 is 5.97 Å². The van der Waals surface area contributed by atoms with E-state index in [0.29, 0.717) is 34.9 Å². The minimum Gasteiger partial charge on any atom is -0.497 e. The van der Waals surface area contributed by atoms with Gasteiger partial charge in [0.1, 0.15) is 11.5 Å². The molecule has 0 saturated carbocycles. The Hall–Kier alpha value is -3.02. The number of hydrogen-bond donors (Lipinski definition) is 2. The van der Waals surface area contributed by atoms with Crippen molar-refractivity contribution in [3.63, 3.8) is 0 Å². The van der Waals surface area contributed by atoms with Gasteiger partial charge in [-0.15, -0.1) is 0 Å². The third-order valence-electron chi connectivity index (χ3n) is 4.29. The summed E-state index contributed by atoms with van der Waals surface area (Å²) in [6.07, 6.45) is 0.819. The maximum atomic E-state index is 12.7. The highest BCUT2D eigenvalue weighted by molar-refractivity contribution is 6.06. The molecule has 6 nitrogen and oxygen atoms in total. The van der Waals surface area contributed by atoms with Gasteiger partial charge in [0, 0.05) is 11.8 Å². The molecule has 0 spiro atoms. The van der Waals surface area contributed by atoms with Crippen LogP contribution < -0.4 is 14.8 Å². The lowest BCUT2D eigenvalue weighted by molar-refractivity contribution is -0.142. The fourth-order valence-corrected chi connectivity index (χ4v) is 2.44. The Morgan fingerprint density at radius 3 is 2.33 bits per heavy atom. The number of ether oxygens (including phenoxy) is 2. The summed E-state index contributed by atoms with van der Waals surface area (Å²) in [4.78, 5) is 24.0. The standard InChI is InChI=1S/C21H25NO5/c1-5-12-27-18-13-16(26-4)10-11-17(18)19(23)22-15-8-6-14(7-9-15)21(2,3)20(24)25/h6-11,13H,5,12H2,1-4H3,(H,22,23)(H,24,25). The molecule has 0 heterocycles. The molecule has 0 atom stereocenters. The Balaban J connectivity index is 2.21. The number of amides is 1. The van der Waals surface area contributed by atoms with Crippen molar-refractivity contribution in [3.05, 3.63) is 53.6 Å². The van der Waals surface area contributed by atoms with Crippen molar-refractivity contribution in [2.75, 3.05) is 19.0 Å². The zero-order valence-electron chi connectivity index (χ0n) is 16.0. The van der Waals surface area contributed by atoms with E-state index in [0.717, 1.165) is 6.42 Å². The van der Waals surface area contributed by atoms with Crippen LogP contribution in [0.5, 0.6) is 11.5 Å². The van der Waals surface area contributed by atoms with Crippen molar-refractivity contribution in [2.24, 2.45) is 0 Å². The van der Waals surface area contributed by atoms with Crippen LogP contribution in [0.15, 0.2) is 42.5 Å². The highest BCUT2D eigenvalue weighted by Crippen LogP contribution is 2.27. The maximum Gasteiger partial charge on any atom is 0.313 e. The summed E-state index contributed by atoms with van der Waals surface area (Å²) >= 11 is 0. The number of rotatable bonds is 8. The van der Waals surface area contributed by atoms with Crippen molar-refractivity contribution < 1.29 is 24.2 Å². The number of benzene rings is 2. The fourth-order valence-electron chi connectivity index (χ4n) is 2.44. The van der Waals surface area contributed by atoms with Crippen LogP contribution in [0.25, 0.3) is 0 Å². The van der Waals surface area contributed by atoms with Crippen LogP contribution in [-0.4, -0.2) is 30.7 Å². The molecule has 1 amide bonds. The summed E-state index contributed by atoms with van der Waals surface area (Å²) in [5.74, 6) is -0.153. The minimum atomic E-state index is -1.00. The van der Waals surface area contributed by atoms with Crippen molar-refractivity contribution in [2.45, 2.75) is 32.6 Å². The van der Waals surface area contributed by atoms with Crippen LogP contribution in [0, 0.1) is 0 Å². The number of methoxy groups -OCH3 is 1. The van der Waals surface area contributed by atoms with Gasteiger partial charge in [-0.25, -0.2) is 0 Å². The van der Waals surface area contributed by atoms with E-state index in [1.807, 2.05) is 6.92 Å². The van der Waals surface area contributed by atoms with Crippen LogP contribution >= 0.6 is 0 Å². The third-order valence-corrected chi connectivity index (χ3v) is 4.29. The third kappa shape index (κ3) is 4.78. The molecule has 0 aromatic heterocycles. The Morgan fingerprint density at radius 1 is 1.11 bits per heavy atom. The SMILES string of the molecule is CCCOc1cc(OC)ccc1C(=O)Nc1ccc(C(C)(C)C(=O)O)cc1. The first-order valence-electron chi connectivity index (χ1n) is 8.75. The number of anilines is 1. The molecule has 0 aliphatic carbocycles. The fraction of sp³-hybridized carbons (Fsp3) is 0.333. The largest absolute Gasteiger partial charge is 0.497 e. The van der Waals surface area contributed by atoms with Crippen LogP contribution in [0.3, 0.4) is 0 Å². The van der Waals surface area contributed by atoms with E-state index >= 15 is 0 Å². The molecule has 0 fully saturated rings. The van der Waals surface area contributed by atoms with E-state index in [9.17, 15) is 14.7 Å². The quantitative estimate of drug-likeness (QED) is 0.730. The number of carbonyl (C=O) groups is 2. The Bertz CT molecular complexity index is 812. The van der Waals surface area contributed by atoms with E-state index in [-0.39, 0.29) is 5.91 Å². The van der Waals surface area contributed by atoms with Crippen molar-refractivity contribution in [3.8, 4) is 11.5 Å². The molecule has 144 valence electrons. The molecule has 0 saturated heterocycles. The van der Waals surface area contributed by atoms with Crippen LogP contribution in [0.1, 0.15) is 43.1 Å². The zero-order chi connectivity index (χ0) is 20.0. The molecule has 2 N–H and O–H groups in total. The zero-order valence-corrected chi connectivity index (χ0v) is 16.0. The van der Waals surface area contributed by atoms with Gasteiger partial charge < -0.3 is 19.9 Å². The molecular weight excluding hydrogens is 346 g/mol. The van der Waals surface area contributed by atoms with Gasteiger partial charge in [0.25, 0.3) is 5.91 Å². The summed E-state index contributed by atoms with van der Waals surface area (Å²) in [6.45, 7) is 5.75. The molecule has 0 unspecified atom stereocenters. The highest BCUT2D eigenvalue weighted by Gasteiger charge is 2.29. The first-order chi connectivity index (χ1) is 12.8. The topological polar surface area (TPSA) is 84.9 Å². The molecule has 0 aliphatic heterocycles. The minimum absolute atomic E-state index is 0.311. The number of hydrogen-bond acceptors (Lipinski definition) is 4. The van der Waals surface area contributed by atoms with Crippen molar-refractivity contribution >= 4 is 17.6 Å². The molecule has 0 aliphatic rings. The van der Waals surface area contributed by atoms with Gasteiger partial charge in [0.15, 0.2) is 0 Å². The number of carboxylic acids is 1. The smallest absolute Gasteiger partial charge is 0.313 e. The molecule has 0 bridgehead atoms. The second kappa shape index (κ2) is 8.58. The predicted molar refractivity (Wildman–Crippen MR) is 104 cm³/mol. The number of carboxylic acid groups (broad SMARTS) is 1. The molecule has 27 heavy (non-hydrogen) atoms. The lowest BCUT2D eigenvalue weighted by Crippen LogP contribution is -2.28. The molecule has 2 rings (SSSR count). The summed E-state index contributed by atoms with van der Waals surface area (Å²) < 4.78 is 10.9. The van der Waals surface area contributed by atoms with Gasteiger partial charge in [-0.05, 0) is 50.1 Å². The monoisotopic (exact) mass is 371 g/mol. The van der Waals surface area contributed by atoms with Gasteiger partial charge in [-0.3, -0.25) is 9.59 Å². The lowest BCUT2D eigenvalue weighted by Gasteiger charge is -2.20. The first kappa shape index (κ1) is 20.3. The van der Waals surface area contributed by atoms with Gasteiger partial charge in [0.05, 0.1) is 24.7 Å². The lowest BCUT2D eigenvalue weighted by atomic mass is 9.85. The summed E-state index contributed by atoms with van der Waals surface area (Å²) in [7, 11) is 1.55. The van der Waals surface area contributed by atoms with E-state index < -0.39 is 11.4 Å². The second-order valence-corrected chi connectivity index (χ2v) is 6.67. The average Bonchev–Trinajstić information content (AvgIpc) is 2.66. The van der Waals surface area contributed by atoms with Crippen LogP contribution in [0.4, 0.5) is 5.69 Å². The van der Waals surface area contributed by atoms with Gasteiger partial charge in [0.2, 0.25) is 0 Å². The van der Waals surface area contributed by atoms with Crippen LogP contribution in [0.2, 0.25) is 0 Å². The predicted octanol–water partition coefficient (Wildman–Crippen LogP) is 4.10. The molecular formula is C21H25NO5. The van der Waals surface area contributed by atoms with Gasteiger partial charge in [-0.1, -0.05) is 19.1 Å². The second-order valence-electron chi connectivity index (χ2n) is 6.67. The van der Waals surface area contributed by atoms with Crippen molar-refractivity contribution in [1.82, 2.24) is 0 Å². The van der Waals surface area contributed by atoms with E-state index in [2.05, 4.69) is 5.32 Å². The Kier molecular flexibility index (Phi) is 6.45. The maximum absolute atomic E-state index is 12.7. The number of aliphatic carboxylic acids is 1. The highest BCUT2D eigenvalue weighted by atomic mass is 16.5. The Morgan fingerprint density at radius 2 is 1.78 bits per heavy atom. The van der Waals surface area contributed by atoms with E-state index in [4.69, 9.17) is 9.47 Å².